The van der Waals surface area contributed by atoms with Gasteiger partial charge in [-0.25, -0.2) is 0 Å². The van der Waals surface area contributed by atoms with Gasteiger partial charge in [-0.3, -0.25) is 4.68 Å². The smallest absolute Gasteiger partial charge is 0.0850 e. The van der Waals surface area contributed by atoms with Gasteiger partial charge >= 0.3 is 0 Å². The second-order valence-corrected chi connectivity index (χ2v) is 8.11. The van der Waals surface area contributed by atoms with Crippen molar-refractivity contribution < 1.29 is 0 Å². The molecular formula is C13H22ClN3S2. The summed E-state index contributed by atoms with van der Waals surface area (Å²) in [7, 11) is 1.96. The van der Waals surface area contributed by atoms with Crippen LogP contribution in [0.5, 0.6) is 0 Å². The molecule has 1 fully saturated rings. The Morgan fingerprint density at radius 1 is 1.47 bits per heavy atom. The highest BCUT2D eigenvalue weighted by atomic mass is 35.5. The van der Waals surface area contributed by atoms with Crippen molar-refractivity contribution in [3.8, 4) is 0 Å². The Balaban J connectivity index is 2.10. The molecule has 1 aromatic heterocycles. The first-order valence-corrected chi connectivity index (χ1v) is 9.21. The summed E-state index contributed by atoms with van der Waals surface area (Å²) in [5.74, 6) is 2.44. The Hall–Kier alpha value is 0.160. The highest BCUT2D eigenvalue weighted by Crippen LogP contribution is 2.34. The van der Waals surface area contributed by atoms with E-state index in [2.05, 4.69) is 18.9 Å². The van der Waals surface area contributed by atoms with Crippen LogP contribution in [0.1, 0.15) is 25.2 Å². The van der Waals surface area contributed by atoms with Crippen LogP contribution in [0.15, 0.2) is 0 Å². The summed E-state index contributed by atoms with van der Waals surface area (Å²) in [5.41, 5.74) is 8.48. The van der Waals surface area contributed by atoms with Crippen LogP contribution in [0, 0.1) is 0 Å². The number of halogens is 1. The lowest BCUT2D eigenvalue weighted by atomic mass is 10.1. The second kappa shape index (κ2) is 6.74. The van der Waals surface area contributed by atoms with E-state index in [1.807, 2.05) is 35.3 Å². The molecule has 108 valence electrons. The number of aryl methyl sites for hydroxylation is 2. The summed E-state index contributed by atoms with van der Waals surface area (Å²) in [4.78, 5) is 0. The first-order chi connectivity index (χ1) is 9.04. The summed E-state index contributed by atoms with van der Waals surface area (Å²) in [5, 5.41) is 6.40. The molecule has 0 spiro atoms. The zero-order valence-corrected chi connectivity index (χ0v) is 14.1. The second-order valence-electron chi connectivity index (χ2n) is 4.96. The van der Waals surface area contributed by atoms with Crippen molar-refractivity contribution in [2.24, 2.45) is 12.8 Å². The highest BCUT2D eigenvalue weighted by molar-refractivity contribution is 8.07. The maximum Gasteiger partial charge on any atom is 0.0850 e. The van der Waals surface area contributed by atoms with Gasteiger partial charge in [0.25, 0.3) is 0 Å². The van der Waals surface area contributed by atoms with E-state index in [1.165, 1.54) is 11.5 Å². The number of nitrogens with two attached hydrogens (primary N) is 1. The molecule has 0 bridgehead atoms. The molecule has 0 aliphatic carbocycles. The van der Waals surface area contributed by atoms with E-state index >= 15 is 0 Å². The van der Waals surface area contributed by atoms with Crippen molar-refractivity contribution in [2.75, 3.05) is 11.5 Å². The lowest BCUT2D eigenvalue weighted by Crippen LogP contribution is -2.42. The van der Waals surface area contributed by atoms with E-state index in [0.29, 0.717) is 10.5 Å². The Morgan fingerprint density at radius 3 is 2.74 bits per heavy atom. The molecule has 3 atom stereocenters. The fraction of sp³-hybridized carbons (Fsp3) is 0.769. The van der Waals surface area contributed by atoms with Gasteiger partial charge in [0, 0.05) is 41.5 Å². The first-order valence-electron chi connectivity index (χ1n) is 6.73. The molecule has 1 saturated heterocycles. The van der Waals surface area contributed by atoms with Crippen LogP contribution < -0.4 is 5.73 Å². The largest absolute Gasteiger partial charge is 0.326 e. The number of nitrogens with zero attached hydrogens (tertiary/aromatic N) is 2. The monoisotopic (exact) mass is 319 g/mol. The van der Waals surface area contributed by atoms with Gasteiger partial charge in [0.15, 0.2) is 0 Å². The molecule has 2 heterocycles. The lowest BCUT2D eigenvalue weighted by molar-refractivity contribution is 0.586. The van der Waals surface area contributed by atoms with Gasteiger partial charge in [0.1, 0.15) is 0 Å². The molecule has 1 aromatic rings. The summed E-state index contributed by atoms with van der Waals surface area (Å²) < 4.78 is 1.90. The molecule has 2 N–H and O–H groups in total. The summed E-state index contributed by atoms with van der Waals surface area (Å²) in [6, 6.07) is 0.144. The quantitative estimate of drug-likeness (QED) is 0.926. The zero-order chi connectivity index (χ0) is 14.0. The predicted octanol–water partition coefficient (Wildman–Crippen LogP) is 2.74. The van der Waals surface area contributed by atoms with E-state index in [4.69, 9.17) is 17.3 Å². The fourth-order valence-electron chi connectivity index (χ4n) is 2.50. The third kappa shape index (κ3) is 3.43. The molecule has 3 nitrogen and oxygen atoms in total. The lowest BCUT2D eigenvalue weighted by Gasteiger charge is -2.32. The molecule has 0 radical (unpaired) electrons. The summed E-state index contributed by atoms with van der Waals surface area (Å²) in [6.45, 7) is 4.36. The van der Waals surface area contributed by atoms with Crippen LogP contribution in [-0.2, 0) is 19.9 Å². The van der Waals surface area contributed by atoms with E-state index in [-0.39, 0.29) is 6.04 Å². The molecule has 0 aromatic carbocycles. The topological polar surface area (TPSA) is 43.8 Å². The third-order valence-electron chi connectivity index (χ3n) is 3.59. The number of aromatic nitrogens is 2. The number of rotatable bonds is 4. The first kappa shape index (κ1) is 15.5. The molecule has 19 heavy (non-hydrogen) atoms. The van der Waals surface area contributed by atoms with Gasteiger partial charge in [-0.2, -0.15) is 28.6 Å². The average Bonchev–Trinajstić information content (AvgIpc) is 2.66. The van der Waals surface area contributed by atoms with Crippen molar-refractivity contribution in [3.05, 3.63) is 16.4 Å². The SMILES string of the molecule is CCc1nn(C)c(CC(N)C2SCCSC2C)c1Cl. The van der Waals surface area contributed by atoms with Crippen molar-refractivity contribution in [3.63, 3.8) is 0 Å². The fourth-order valence-corrected chi connectivity index (χ4v) is 5.76. The minimum absolute atomic E-state index is 0.144. The predicted molar refractivity (Wildman–Crippen MR) is 87.4 cm³/mol. The van der Waals surface area contributed by atoms with Gasteiger partial charge in [0.05, 0.1) is 16.4 Å². The van der Waals surface area contributed by atoms with Gasteiger partial charge < -0.3 is 5.73 Å². The molecule has 3 unspecified atom stereocenters. The molecule has 6 heteroatoms. The third-order valence-corrected chi connectivity index (χ3v) is 7.30. The molecule has 2 rings (SSSR count). The zero-order valence-electron chi connectivity index (χ0n) is 11.7. The number of hydrogen-bond acceptors (Lipinski definition) is 4. The summed E-state index contributed by atoms with van der Waals surface area (Å²) in [6.07, 6.45) is 1.68. The number of hydrogen-bond donors (Lipinski definition) is 1. The van der Waals surface area contributed by atoms with Crippen molar-refractivity contribution in [1.82, 2.24) is 9.78 Å². The minimum Gasteiger partial charge on any atom is -0.326 e. The minimum atomic E-state index is 0.144. The molecule has 0 amide bonds. The maximum atomic E-state index is 6.43. The van der Waals surface area contributed by atoms with Crippen molar-refractivity contribution in [1.29, 1.82) is 0 Å². The normalized spacial score (nSPS) is 25.5. The molecule has 1 aliphatic heterocycles. The standard InChI is InChI=1S/C13H22ClN3S2/c1-4-10-12(14)11(17(3)16-10)7-9(15)13-8(2)18-5-6-19-13/h8-9,13H,4-7,15H2,1-3H3. The molecular weight excluding hydrogens is 298 g/mol. The van der Waals surface area contributed by atoms with Crippen molar-refractivity contribution >= 4 is 35.1 Å². The van der Waals surface area contributed by atoms with E-state index in [1.54, 1.807) is 0 Å². The van der Waals surface area contributed by atoms with Gasteiger partial charge in [-0.05, 0) is 6.42 Å². The van der Waals surface area contributed by atoms with Gasteiger partial charge in [-0.15, -0.1) is 0 Å². The summed E-state index contributed by atoms with van der Waals surface area (Å²) >= 11 is 10.4. The van der Waals surface area contributed by atoms with Crippen LogP contribution >= 0.6 is 35.1 Å². The molecule has 1 aliphatic rings. The van der Waals surface area contributed by atoms with E-state index in [0.717, 1.165) is 29.3 Å². The van der Waals surface area contributed by atoms with Crippen molar-refractivity contribution in [2.45, 2.75) is 43.2 Å². The average molecular weight is 320 g/mol. The highest BCUT2D eigenvalue weighted by Gasteiger charge is 2.29. The van der Waals surface area contributed by atoms with Crippen LogP contribution in [0.25, 0.3) is 0 Å². The van der Waals surface area contributed by atoms with Gasteiger partial charge in [-0.1, -0.05) is 25.4 Å². The van der Waals surface area contributed by atoms with Crippen LogP contribution in [0.3, 0.4) is 0 Å². The van der Waals surface area contributed by atoms with E-state index in [9.17, 15) is 0 Å². The Kier molecular flexibility index (Phi) is 5.52. The Morgan fingerprint density at radius 2 is 2.16 bits per heavy atom. The maximum absolute atomic E-state index is 6.43. The van der Waals surface area contributed by atoms with Gasteiger partial charge in [0.2, 0.25) is 0 Å². The Labute approximate surface area is 129 Å². The number of thioether (sulfide) groups is 2. The van der Waals surface area contributed by atoms with Crippen LogP contribution in [0.2, 0.25) is 5.02 Å². The van der Waals surface area contributed by atoms with Crippen LogP contribution in [-0.4, -0.2) is 37.8 Å². The Bertz CT molecular complexity index is 436. The van der Waals surface area contributed by atoms with Crippen LogP contribution in [0.4, 0.5) is 0 Å². The molecule has 0 saturated carbocycles. The van der Waals surface area contributed by atoms with E-state index < -0.39 is 0 Å².